The Morgan fingerprint density at radius 2 is 1.70 bits per heavy atom. The highest BCUT2D eigenvalue weighted by Crippen LogP contribution is 2.19. The molecule has 0 aromatic heterocycles. The second-order valence-corrected chi connectivity index (χ2v) is 8.38. The maximum Gasteiger partial charge on any atom is 0.335 e. The number of hydrogen-bond acceptors (Lipinski definition) is 5. The van der Waals surface area contributed by atoms with Crippen molar-refractivity contribution < 1.29 is 19.4 Å². The van der Waals surface area contributed by atoms with Crippen molar-refractivity contribution in [1.82, 2.24) is 4.90 Å². The number of hydrogen-bond donors (Lipinski definition) is 2. The van der Waals surface area contributed by atoms with Crippen molar-refractivity contribution in [3.8, 4) is 0 Å². The van der Waals surface area contributed by atoms with Crippen LogP contribution in [0.2, 0.25) is 0 Å². The van der Waals surface area contributed by atoms with E-state index in [4.69, 9.17) is 14.8 Å². The van der Waals surface area contributed by atoms with Crippen LogP contribution in [-0.4, -0.2) is 73.2 Å². The van der Waals surface area contributed by atoms with Crippen LogP contribution in [0.3, 0.4) is 0 Å². The lowest BCUT2D eigenvalue weighted by Gasteiger charge is -2.38. The number of carbonyl (C=O) groups excluding carboxylic acids is 1. The van der Waals surface area contributed by atoms with E-state index in [2.05, 4.69) is 15.1 Å². The third kappa shape index (κ3) is 5.90. The zero-order valence-electron chi connectivity index (χ0n) is 18.9. The van der Waals surface area contributed by atoms with Crippen LogP contribution in [0.4, 0.5) is 11.4 Å². The fourth-order valence-electron chi connectivity index (χ4n) is 4.10. The van der Waals surface area contributed by atoms with Crippen LogP contribution in [0, 0.1) is 0 Å². The SMILES string of the molecule is CC(=O)c1ccc(N2CCN(C(=NC[C@@H]3CCCO3)Nc3ccc(C(=O)O)cc3)CC2)cc1. The van der Waals surface area contributed by atoms with E-state index in [9.17, 15) is 9.59 Å². The maximum absolute atomic E-state index is 11.5. The summed E-state index contributed by atoms with van der Waals surface area (Å²) in [5.74, 6) is -0.0950. The molecule has 2 aromatic rings. The van der Waals surface area contributed by atoms with Gasteiger partial charge in [-0.05, 0) is 68.3 Å². The van der Waals surface area contributed by atoms with Crippen LogP contribution < -0.4 is 10.2 Å². The monoisotopic (exact) mass is 450 g/mol. The van der Waals surface area contributed by atoms with E-state index in [1.165, 1.54) is 0 Å². The van der Waals surface area contributed by atoms with Crippen molar-refractivity contribution in [2.75, 3.05) is 49.5 Å². The minimum Gasteiger partial charge on any atom is -0.478 e. The number of anilines is 2. The lowest BCUT2D eigenvalue weighted by molar-refractivity contribution is 0.0696. The van der Waals surface area contributed by atoms with Crippen LogP contribution in [0.25, 0.3) is 0 Å². The molecular formula is C25H30N4O4. The van der Waals surface area contributed by atoms with Gasteiger partial charge in [0.15, 0.2) is 11.7 Å². The first-order chi connectivity index (χ1) is 16.0. The number of benzene rings is 2. The summed E-state index contributed by atoms with van der Waals surface area (Å²) in [6.45, 7) is 6.21. The van der Waals surface area contributed by atoms with Crippen molar-refractivity contribution >= 4 is 29.1 Å². The molecule has 8 nitrogen and oxygen atoms in total. The molecule has 1 atom stereocenters. The number of carboxylic acid groups (broad SMARTS) is 1. The molecule has 0 unspecified atom stereocenters. The molecule has 0 spiro atoms. The number of aliphatic imine (C=N–C) groups is 1. The fourth-order valence-corrected chi connectivity index (χ4v) is 4.10. The Balaban J connectivity index is 1.43. The lowest BCUT2D eigenvalue weighted by atomic mass is 10.1. The molecule has 2 heterocycles. The summed E-state index contributed by atoms with van der Waals surface area (Å²) in [6, 6.07) is 14.5. The van der Waals surface area contributed by atoms with Gasteiger partial charge in [-0.1, -0.05) is 0 Å². The van der Waals surface area contributed by atoms with Gasteiger partial charge in [-0.15, -0.1) is 0 Å². The zero-order valence-corrected chi connectivity index (χ0v) is 18.9. The molecule has 0 bridgehead atoms. The molecule has 174 valence electrons. The largest absolute Gasteiger partial charge is 0.478 e. The first-order valence-electron chi connectivity index (χ1n) is 11.4. The number of aromatic carboxylic acids is 1. The Morgan fingerprint density at radius 1 is 1.03 bits per heavy atom. The van der Waals surface area contributed by atoms with Crippen molar-refractivity contribution in [3.05, 3.63) is 59.7 Å². The Morgan fingerprint density at radius 3 is 2.27 bits per heavy atom. The average molecular weight is 451 g/mol. The highest BCUT2D eigenvalue weighted by Gasteiger charge is 2.22. The van der Waals surface area contributed by atoms with Crippen LogP contribution >= 0.6 is 0 Å². The van der Waals surface area contributed by atoms with Crippen molar-refractivity contribution in [1.29, 1.82) is 0 Å². The standard InChI is InChI=1S/C25H30N4O4/c1-18(30)19-6-10-22(11-7-19)28-12-14-29(15-13-28)25(26-17-23-3-2-16-33-23)27-21-8-4-20(5-9-21)24(31)32/h4-11,23H,2-3,12-17H2,1H3,(H,26,27)(H,31,32)/t23-/m0/s1. The van der Waals surface area contributed by atoms with Crippen molar-refractivity contribution in [2.45, 2.75) is 25.9 Å². The van der Waals surface area contributed by atoms with Crippen LogP contribution in [0.5, 0.6) is 0 Å². The fraction of sp³-hybridized carbons (Fsp3) is 0.400. The van der Waals surface area contributed by atoms with Gasteiger partial charge in [0.2, 0.25) is 0 Å². The third-order valence-electron chi connectivity index (χ3n) is 6.07. The topological polar surface area (TPSA) is 94.5 Å². The lowest BCUT2D eigenvalue weighted by Crippen LogP contribution is -2.51. The number of nitrogens with zero attached hydrogens (tertiary/aromatic N) is 3. The molecule has 2 fully saturated rings. The molecule has 2 saturated heterocycles. The van der Waals surface area contributed by atoms with Gasteiger partial charge >= 0.3 is 5.97 Å². The average Bonchev–Trinajstić information content (AvgIpc) is 3.36. The molecule has 33 heavy (non-hydrogen) atoms. The Bertz CT molecular complexity index is 990. The number of nitrogens with one attached hydrogen (secondary N) is 1. The second kappa shape index (κ2) is 10.5. The quantitative estimate of drug-likeness (QED) is 0.396. The Kier molecular flexibility index (Phi) is 7.24. The third-order valence-corrected chi connectivity index (χ3v) is 6.07. The summed E-state index contributed by atoms with van der Waals surface area (Å²) in [5.41, 5.74) is 2.88. The highest BCUT2D eigenvalue weighted by molar-refractivity contribution is 5.95. The van der Waals surface area contributed by atoms with E-state index in [0.717, 1.165) is 68.5 Å². The second-order valence-electron chi connectivity index (χ2n) is 8.38. The van der Waals surface area contributed by atoms with Gasteiger partial charge in [0, 0.05) is 49.7 Å². The van der Waals surface area contributed by atoms with E-state index >= 15 is 0 Å². The summed E-state index contributed by atoms with van der Waals surface area (Å²) in [5, 5.41) is 12.5. The molecular weight excluding hydrogens is 420 g/mol. The maximum atomic E-state index is 11.5. The summed E-state index contributed by atoms with van der Waals surface area (Å²) in [4.78, 5) is 32.0. The number of piperazine rings is 1. The number of rotatable bonds is 6. The molecule has 2 aromatic carbocycles. The number of Topliss-reactive ketones (excluding diaryl/α,β-unsaturated/α-hetero) is 1. The summed E-state index contributed by atoms with van der Waals surface area (Å²) in [7, 11) is 0. The van der Waals surface area contributed by atoms with E-state index in [-0.39, 0.29) is 17.5 Å². The van der Waals surface area contributed by atoms with E-state index in [0.29, 0.717) is 6.54 Å². The summed E-state index contributed by atoms with van der Waals surface area (Å²) in [6.07, 6.45) is 2.24. The highest BCUT2D eigenvalue weighted by atomic mass is 16.5. The number of ketones is 1. The number of carboxylic acids is 1. The molecule has 2 aliphatic rings. The van der Waals surface area contributed by atoms with Gasteiger partial charge in [0.25, 0.3) is 0 Å². The van der Waals surface area contributed by atoms with Gasteiger partial charge < -0.3 is 25.0 Å². The van der Waals surface area contributed by atoms with Gasteiger partial charge in [0.05, 0.1) is 18.2 Å². The normalized spacial score (nSPS) is 18.9. The number of guanidine groups is 1. The molecule has 2 aliphatic heterocycles. The predicted octanol–water partition coefficient (Wildman–Crippen LogP) is 3.36. The molecule has 0 saturated carbocycles. The van der Waals surface area contributed by atoms with Crippen LogP contribution in [-0.2, 0) is 4.74 Å². The summed E-state index contributed by atoms with van der Waals surface area (Å²) < 4.78 is 5.73. The van der Waals surface area contributed by atoms with E-state index in [1.807, 2.05) is 24.3 Å². The van der Waals surface area contributed by atoms with Gasteiger partial charge in [-0.2, -0.15) is 0 Å². The molecule has 0 aliphatic carbocycles. The van der Waals surface area contributed by atoms with E-state index in [1.54, 1.807) is 31.2 Å². The molecule has 8 heteroatoms. The first kappa shape index (κ1) is 22.8. The number of ether oxygens (including phenoxy) is 1. The van der Waals surface area contributed by atoms with Crippen LogP contribution in [0.1, 0.15) is 40.5 Å². The van der Waals surface area contributed by atoms with Crippen molar-refractivity contribution in [3.63, 3.8) is 0 Å². The minimum absolute atomic E-state index is 0.0703. The smallest absolute Gasteiger partial charge is 0.335 e. The Labute approximate surface area is 193 Å². The zero-order chi connectivity index (χ0) is 23.2. The van der Waals surface area contributed by atoms with Gasteiger partial charge in [-0.3, -0.25) is 9.79 Å². The molecule has 0 radical (unpaired) electrons. The predicted molar refractivity (Wildman–Crippen MR) is 129 cm³/mol. The first-order valence-corrected chi connectivity index (χ1v) is 11.4. The number of carbonyl (C=O) groups is 2. The molecule has 4 rings (SSSR count). The Hall–Kier alpha value is -3.39. The summed E-state index contributed by atoms with van der Waals surface area (Å²) >= 11 is 0. The van der Waals surface area contributed by atoms with Crippen LogP contribution in [0.15, 0.2) is 53.5 Å². The van der Waals surface area contributed by atoms with E-state index < -0.39 is 5.97 Å². The van der Waals surface area contributed by atoms with Gasteiger partial charge in [0.1, 0.15) is 0 Å². The molecule has 0 amide bonds. The molecule has 2 N–H and O–H groups in total. The minimum atomic E-state index is -0.943. The van der Waals surface area contributed by atoms with Crippen molar-refractivity contribution in [2.24, 2.45) is 4.99 Å². The van der Waals surface area contributed by atoms with Gasteiger partial charge in [-0.25, -0.2) is 4.79 Å².